The van der Waals surface area contributed by atoms with Crippen molar-refractivity contribution in [2.75, 3.05) is 0 Å². The van der Waals surface area contributed by atoms with E-state index < -0.39 is 5.21 Å². The van der Waals surface area contributed by atoms with E-state index in [2.05, 4.69) is 20.8 Å². The van der Waals surface area contributed by atoms with Crippen LogP contribution in [-0.4, -0.2) is 15.7 Å². The first kappa shape index (κ1) is 19.5. The van der Waals surface area contributed by atoms with Gasteiger partial charge in [-0.1, -0.05) is 83.3 Å². The maximum absolute atomic E-state index is 6.90. The SMILES string of the molecule is [B]C([B])(C1CCC2(CCCC2)CC1)C(C)(CCC)CCCCC. The zero-order valence-corrected chi connectivity index (χ0v) is 16.1. The molecule has 2 rings (SSSR count). The largest absolute Gasteiger partial charge is 0.0911 e. The molecule has 0 nitrogen and oxygen atoms in total. The smallest absolute Gasteiger partial charge is 0.0631 e. The Labute approximate surface area is 148 Å². The Balaban J connectivity index is 2.01. The molecule has 0 N–H and O–H groups in total. The third-order valence-electron chi connectivity index (χ3n) is 7.57. The van der Waals surface area contributed by atoms with Crippen LogP contribution in [-0.2, 0) is 0 Å². The van der Waals surface area contributed by atoms with Crippen molar-refractivity contribution in [1.29, 1.82) is 0 Å². The summed E-state index contributed by atoms with van der Waals surface area (Å²) in [5.74, 6) is 0.520. The molecule has 2 fully saturated rings. The summed E-state index contributed by atoms with van der Waals surface area (Å²) in [5.41, 5.74) is 0.776. The normalized spacial score (nSPS) is 24.8. The minimum atomic E-state index is -0.489. The third kappa shape index (κ3) is 4.21. The van der Waals surface area contributed by atoms with Crippen molar-refractivity contribution in [1.82, 2.24) is 0 Å². The van der Waals surface area contributed by atoms with Gasteiger partial charge in [-0.15, -0.1) is 0 Å². The van der Waals surface area contributed by atoms with Crippen LogP contribution in [0.25, 0.3) is 0 Å². The van der Waals surface area contributed by atoms with E-state index in [1.807, 2.05) is 0 Å². The van der Waals surface area contributed by atoms with Gasteiger partial charge in [0.2, 0.25) is 0 Å². The summed E-state index contributed by atoms with van der Waals surface area (Å²) in [7, 11) is 13.8. The van der Waals surface area contributed by atoms with Gasteiger partial charge in [0.1, 0.15) is 0 Å². The summed E-state index contributed by atoms with van der Waals surface area (Å²) in [6.07, 6.45) is 18.5. The second kappa shape index (κ2) is 8.01. The van der Waals surface area contributed by atoms with Gasteiger partial charge >= 0.3 is 0 Å². The van der Waals surface area contributed by atoms with E-state index in [9.17, 15) is 0 Å². The Morgan fingerprint density at radius 2 is 1.48 bits per heavy atom. The van der Waals surface area contributed by atoms with Crippen LogP contribution in [0.4, 0.5) is 0 Å². The fourth-order valence-corrected chi connectivity index (χ4v) is 5.70. The number of rotatable bonds is 8. The summed E-state index contributed by atoms with van der Waals surface area (Å²) < 4.78 is 0. The van der Waals surface area contributed by atoms with Crippen LogP contribution in [0.2, 0.25) is 5.21 Å². The molecule has 1 atom stereocenters. The van der Waals surface area contributed by atoms with Gasteiger partial charge in [0.05, 0.1) is 15.7 Å². The van der Waals surface area contributed by atoms with Gasteiger partial charge in [-0.25, -0.2) is 0 Å². The second-order valence-electron chi connectivity index (χ2n) is 9.18. The lowest BCUT2D eigenvalue weighted by molar-refractivity contribution is 0.0924. The van der Waals surface area contributed by atoms with Crippen LogP contribution >= 0.6 is 0 Å². The molecule has 0 saturated heterocycles. The van der Waals surface area contributed by atoms with Gasteiger partial charge < -0.3 is 0 Å². The fourth-order valence-electron chi connectivity index (χ4n) is 5.70. The summed E-state index contributed by atoms with van der Waals surface area (Å²) >= 11 is 0. The van der Waals surface area contributed by atoms with Gasteiger partial charge in [0.15, 0.2) is 0 Å². The first-order valence-corrected chi connectivity index (χ1v) is 10.5. The van der Waals surface area contributed by atoms with Crippen LogP contribution < -0.4 is 0 Å². The fraction of sp³-hybridized carbons (Fsp3) is 1.00. The molecule has 2 aliphatic rings. The first-order valence-electron chi connectivity index (χ1n) is 10.5. The highest BCUT2D eigenvalue weighted by molar-refractivity contribution is 6.40. The van der Waals surface area contributed by atoms with Crippen LogP contribution in [0.15, 0.2) is 0 Å². The molecule has 0 aromatic rings. The van der Waals surface area contributed by atoms with Gasteiger partial charge in [0.25, 0.3) is 0 Å². The number of hydrogen-bond acceptors (Lipinski definition) is 0. The van der Waals surface area contributed by atoms with E-state index in [0.717, 1.165) is 0 Å². The molecule has 0 amide bonds. The molecule has 2 heteroatoms. The van der Waals surface area contributed by atoms with E-state index in [4.69, 9.17) is 15.7 Å². The van der Waals surface area contributed by atoms with Crippen molar-refractivity contribution < 1.29 is 0 Å². The van der Waals surface area contributed by atoms with Gasteiger partial charge in [-0.3, -0.25) is 0 Å². The molecule has 0 heterocycles. The lowest BCUT2D eigenvalue weighted by atomic mass is 9.34. The minimum absolute atomic E-state index is 0.0990. The maximum Gasteiger partial charge on any atom is 0.0631 e. The summed E-state index contributed by atoms with van der Waals surface area (Å²) in [6, 6.07) is 0. The quantitative estimate of drug-likeness (QED) is 0.351. The van der Waals surface area contributed by atoms with Crippen LogP contribution in [0, 0.1) is 16.7 Å². The molecule has 1 unspecified atom stereocenters. The van der Waals surface area contributed by atoms with Gasteiger partial charge in [-0.2, -0.15) is 0 Å². The van der Waals surface area contributed by atoms with Crippen LogP contribution in [0.3, 0.4) is 0 Å². The minimum Gasteiger partial charge on any atom is -0.0911 e. The lowest BCUT2D eigenvalue weighted by Crippen LogP contribution is -2.43. The van der Waals surface area contributed by atoms with E-state index in [0.29, 0.717) is 11.3 Å². The average molecular weight is 312 g/mol. The van der Waals surface area contributed by atoms with Crippen molar-refractivity contribution >= 4 is 15.7 Å². The van der Waals surface area contributed by atoms with Crippen molar-refractivity contribution in [3.05, 3.63) is 0 Å². The first-order chi connectivity index (χ1) is 10.9. The lowest BCUT2D eigenvalue weighted by Gasteiger charge is -2.54. The Kier molecular flexibility index (Phi) is 6.77. The molecule has 2 aliphatic carbocycles. The van der Waals surface area contributed by atoms with E-state index in [-0.39, 0.29) is 5.41 Å². The molecule has 0 bridgehead atoms. The highest BCUT2D eigenvalue weighted by Crippen LogP contribution is 2.60. The van der Waals surface area contributed by atoms with Crippen molar-refractivity contribution in [3.63, 3.8) is 0 Å². The van der Waals surface area contributed by atoms with Gasteiger partial charge in [-0.05, 0) is 49.4 Å². The Morgan fingerprint density at radius 1 is 0.870 bits per heavy atom. The highest BCUT2D eigenvalue weighted by Gasteiger charge is 2.47. The molecule has 0 aliphatic heterocycles. The summed E-state index contributed by atoms with van der Waals surface area (Å²) in [4.78, 5) is 0. The molecule has 1 spiro atoms. The second-order valence-corrected chi connectivity index (χ2v) is 9.18. The van der Waals surface area contributed by atoms with E-state index >= 15 is 0 Å². The Bertz CT molecular complexity index is 347. The highest BCUT2D eigenvalue weighted by atomic mass is 14.5. The zero-order chi connectivity index (χ0) is 17.0. The Hall–Kier alpha value is 0.130. The summed E-state index contributed by atoms with van der Waals surface area (Å²) in [5, 5.41) is -0.489. The van der Waals surface area contributed by atoms with Crippen molar-refractivity contribution in [2.45, 2.75) is 116 Å². The van der Waals surface area contributed by atoms with E-state index in [1.165, 1.54) is 89.9 Å². The van der Waals surface area contributed by atoms with Crippen molar-refractivity contribution in [2.24, 2.45) is 16.7 Å². The van der Waals surface area contributed by atoms with Crippen LogP contribution in [0.5, 0.6) is 0 Å². The van der Waals surface area contributed by atoms with Gasteiger partial charge in [0, 0.05) is 0 Å². The third-order valence-corrected chi connectivity index (χ3v) is 7.57. The number of hydrogen-bond donors (Lipinski definition) is 0. The predicted molar refractivity (Wildman–Crippen MR) is 104 cm³/mol. The Morgan fingerprint density at radius 3 is 2.00 bits per heavy atom. The molecule has 2 saturated carbocycles. The average Bonchev–Trinajstić information content (AvgIpc) is 2.96. The maximum atomic E-state index is 6.90. The molecule has 4 radical (unpaired) electrons. The monoisotopic (exact) mass is 312 g/mol. The van der Waals surface area contributed by atoms with Crippen LogP contribution in [0.1, 0.15) is 111 Å². The number of unbranched alkanes of at least 4 members (excludes halogenated alkanes) is 2. The summed E-state index contributed by atoms with van der Waals surface area (Å²) in [6.45, 7) is 6.94. The molecule has 128 valence electrons. The topological polar surface area (TPSA) is 0 Å². The zero-order valence-electron chi connectivity index (χ0n) is 16.1. The molecule has 0 aromatic heterocycles. The van der Waals surface area contributed by atoms with E-state index in [1.54, 1.807) is 0 Å². The standard InChI is InChI=1S/C21H38B2/c1-4-6-7-13-19(3,12-5-2)21(22,23)18-10-16-20(17-11-18)14-8-9-15-20/h18H,4-17H2,1-3H3. The molecular formula is C21H38B2. The van der Waals surface area contributed by atoms with Crippen molar-refractivity contribution in [3.8, 4) is 0 Å². The molecule has 0 aromatic carbocycles. The molecule has 23 heavy (non-hydrogen) atoms. The predicted octanol–water partition coefficient (Wildman–Crippen LogP) is 6.58. The molecular weight excluding hydrogens is 274 g/mol.